The topological polar surface area (TPSA) is 73.9 Å². The lowest BCUT2D eigenvalue weighted by Crippen LogP contribution is -2.14. The van der Waals surface area contributed by atoms with Crippen LogP contribution in [-0.4, -0.2) is 25.6 Å². The lowest BCUT2D eigenvalue weighted by molar-refractivity contribution is -0.142. The molecule has 7 heteroatoms. The molecule has 0 saturated carbocycles. The molecule has 2 aromatic carbocycles. The van der Waals surface area contributed by atoms with Gasteiger partial charge in [0.15, 0.2) is 6.61 Å². The van der Waals surface area contributed by atoms with Crippen LogP contribution >= 0.6 is 11.3 Å². The zero-order valence-electron chi connectivity index (χ0n) is 16.1. The van der Waals surface area contributed by atoms with Crippen molar-refractivity contribution in [2.75, 3.05) is 19.0 Å². The second-order valence-corrected chi connectivity index (χ2v) is 7.22. The van der Waals surface area contributed by atoms with Crippen LogP contribution in [0, 0.1) is 6.92 Å². The molecule has 0 aliphatic carbocycles. The summed E-state index contributed by atoms with van der Waals surface area (Å²) in [5.41, 5.74) is 1.97. The largest absolute Gasteiger partial charge is 0.488 e. The zero-order valence-corrected chi connectivity index (χ0v) is 17.0. The minimum Gasteiger partial charge on any atom is -0.488 e. The fourth-order valence-corrected chi connectivity index (χ4v) is 3.15. The zero-order chi connectivity index (χ0) is 20.6. The summed E-state index contributed by atoms with van der Waals surface area (Å²) in [6.45, 7) is 2.15. The molecule has 0 radical (unpaired) electrons. The molecule has 0 aliphatic heterocycles. The number of rotatable bonds is 8. The molecule has 1 N–H and O–H groups in total. The van der Waals surface area contributed by atoms with Crippen molar-refractivity contribution in [3.05, 3.63) is 76.0 Å². The number of amides is 1. The average Bonchev–Trinajstić information content (AvgIpc) is 3.26. The molecule has 29 heavy (non-hydrogen) atoms. The van der Waals surface area contributed by atoms with Crippen LogP contribution < -0.4 is 14.8 Å². The number of esters is 1. The summed E-state index contributed by atoms with van der Waals surface area (Å²) >= 11 is 1.62. The van der Waals surface area contributed by atoms with Gasteiger partial charge in [0.05, 0.1) is 7.11 Å². The van der Waals surface area contributed by atoms with Gasteiger partial charge in [0.1, 0.15) is 18.1 Å². The number of nitrogens with one attached hydrogen (secondary N) is 1. The van der Waals surface area contributed by atoms with E-state index in [0.717, 1.165) is 10.4 Å². The third-order valence-electron chi connectivity index (χ3n) is 4.09. The molecule has 1 heterocycles. The van der Waals surface area contributed by atoms with Gasteiger partial charge in [0, 0.05) is 16.1 Å². The highest BCUT2D eigenvalue weighted by Crippen LogP contribution is 2.23. The van der Waals surface area contributed by atoms with Crippen LogP contribution in [0.5, 0.6) is 11.5 Å². The Hall–Kier alpha value is -3.32. The molecule has 3 aromatic rings. The molecule has 0 saturated heterocycles. The summed E-state index contributed by atoms with van der Waals surface area (Å²) in [6, 6.07) is 16.2. The van der Waals surface area contributed by atoms with E-state index in [1.165, 1.54) is 7.11 Å². The third kappa shape index (κ3) is 5.83. The molecular weight excluding hydrogens is 390 g/mol. The number of hydrogen-bond donors (Lipinski definition) is 1. The predicted octanol–water partition coefficient (Wildman–Crippen LogP) is 4.44. The maximum Gasteiger partial charge on any atom is 0.343 e. The Morgan fingerprint density at radius 3 is 2.55 bits per heavy atom. The summed E-state index contributed by atoms with van der Waals surface area (Å²) < 4.78 is 15.7. The first kappa shape index (κ1) is 20.4. The Bertz CT molecular complexity index is 985. The molecule has 6 nitrogen and oxygen atoms in total. The van der Waals surface area contributed by atoms with Crippen molar-refractivity contribution < 1.29 is 23.8 Å². The summed E-state index contributed by atoms with van der Waals surface area (Å²) in [4.78, 5) is 24.9. The monoisotopic (exact) mass is 411 g/mol. The smallest absolute Gasteiger partial charge is 0.343 e. The van der Waals surface area contributed by atoms with Crippen LogP contribution in [0.25, 0.3) is 0 Å². The summed E-state index contributed by atoms with van der Waals surface area (Å²) in [5.74, 6) is 0.461. The van der Waals surface area contributed by atoms with Crippen molar-refractivity contribution in [3.63, 3.8) is 0 Å². The number of carbonyl (C=O) groups excluding carboxylic acids is 2. The van der Waals surface area contributed by atoms with E-state index in [1.54, 1.807) is 47.7 Å². The average molecular weight is 411 g/mol. The minimum absolute atomic E-state index is 0.167. The van der Waals surface area contributed by atoms with E-state index in [-0.39, 0.29) is 12.5 Å². The van der Waals surface area contributed by atoms with E-state index in [0.29, 0.717) is 29.4 Å². The van der Waals surface area contributed by atoms with Crippen molar-refractivity contribution in [1.29, 1.82) is 0 Å². The molecule has 0 fully saturated rings. The maximum absolute atomic E-state index is 12.6. The maximum atomic E-state index is 12.6. The number of anilines is 1. The van der Waals surface area contributed by atoms with Crippen LogP contribution in [0.4, 0.5) is 5.69 Å². The van der Waals surface area contributed by atoms with Gasteiger partial charge in [-0.3, -0.25) is 4.79 Å². The lowest BCUT2D eigenvalue weighted by atomic mass is 10.1. The molecule has 150 valence electrons. The van der Waals surface area contributed by atoms with Gasteiger partial charge >= 0.3 is 5.97 Å². The summed E-state index contributed by atoms with van der Waals surface area (Å²) in [5, 5.41) is 4.88. The minimum atomic E-state index is -0.457. The Balaban J connectivity index is 1.62. The highest BCUT2D eigenvalue weighted by Gasteiger charge is 2.10. The van der Waals surface area contributed by atoms with Crippen LogP contribution in [0.15, 0.2) is 60.0 Å². The number of carbonyl (C=O) groups is 2. The molecule has 0 spiro atoms. The van der Waals surface area contributed by atoms with Crippen LogP contribution in [0.2, 0.25) is 0 Å². The fourth-order valence-electron chi connectivity index (χ4n) is 2.54. The molecule has 3 rings (SSSR count). The Kier molecular flexibility index (Phi) is 6.86. The fraction of sp³-hybridized carbons (Fsp3) is 0.182. The number of thiophene rings is 1. The van der Waals surface area contributed by atoms with Gasteiger partial charge in [-0.25, -0.2) is 4.79 Å². The molecular formula is C22H21NO5S. The van der Waals surface area contributed by atoms with Crippen LogP contribution in [-0.2, 0) is 16.1 Å². The number of hydrogen-bond acceptors (Lipinski definition) is 6. The Morgan fingerprint density at radius 2 is 1.83 bits per heavy atom. The van der Waals surface area contributed by atoms with Crippen molar-refractivity contribution in [3.8, 4) is 11.5 Å². The van der Waals surface area contributed by atoms with Gasteiger partial charge < -0.3 is 19.5 Å². The first-order chi connectivity index (χ1) is 14.0. The van der Waals surface area contributed by atoms with Crippen LogP contribution in [0.3, 0.4) is 0 Å². The SMILES string of the molecule is COC(=O)COc1ccc(NC(=O)c2cccc(OCc3cccs3)c2)c(C)c1. The second kappa shape index (κ2) is 9.75. The highest BCUT2D eigenvalue weighted by atomic mass is 32.1. The first-order valence-electron chi connectivity index (χ1n) is 8.92. The van der Waals surface area contributed by atoms with Crippen molar-refractivity contribution in [2.24, 2.45) is 0 Å². The Labute approximate surface area is 173 Å². The van der Waals surface area contributed by atoms with Gasteiger partial charge in [-0.2, -0.15) is 0 Å². The molecule has 1 aromatic heterocycles. The lowest BCUT2D eigenvalue weighted by Gasteiger charge is -2.12. The van der Waals surface area contributed by atoms with E-state index >= 15 is 0 Å². The third-order valence-corrected chi connectivity index (χ3v) is 4.94. The Morgan fingerprint density at radius 1 is 1.00 bits per heavy atom. The molecule has 0 bridgehead atoms. The molecule has 0 atom stereocenters. The number of methoxy groups -OCH3 is 1. The highest BCUT2D eigenvalue weighted by molar-refractivity contribution is 7.09. The summed E-state index contributed by atoms with van der Waals surface area (Å²) in [6.07, 6.45) is 0. The molecule has 0 unspecified atom stereocenters. The van der Waals surface area contributed by atoms with E-state index in [4.69, 9.17) is 9.47 Å². The second-order valence-electron chi connectivity index (χ2n) is 6.19. The van der Waals surface area contributed by atoms with E-state index in [2.05, 4.69) is 10.1 Å². The van der Waals surface area contributed by atoms with Gasteiger partial charge in [0.2, 0.25) is 0 Å². The van der Waals surface area contributed by atoms with Crippen molar-refractivity contribution >= 4 is 28.9 Å². The quantitative estimate of drug-likeness (QED) is 0.555. The number of ether oxygens (including phenoxy) is 3. The van der Waals surface area contributed by atoms with E-state index < -0.39 is 5.97 Å². The number of aryl methyl sites for hydroxylation is 1. The normalized spacial score (nSPS) is 10.3. The number of benzene rings is 2. The van der Waals surface area contributed by atoms with Gasteiger partial charge in [-0.15, -0.1) is 11.3 Å². The van der Waals surface area contributed by atoms with Crippen LogP contribution in [0.1, 0.15) is 20.8 Å². The standard InChI is InChI=1S/C22H21NO5S/c1-15-11-18(28-14-21(24)26-2)8-9-20(15)23-22(25)16-5-3-6-17(12-16)27-13-19-7-4-10-29-19/h3-12H,13-14H2,1-2H3,(H,23,25). The van der Waals surface area contributed by atoms with Gasteiger partial charge in [0.25, 0.3) is 5.91 Å². The van der Waals surface area contributed by atoms with E-state index in [1.807, 2.05) is 30.5 Å². The van der Waals surface area contributed by atoms with Crippen molar-refractivity contribution in [2.45, 2.75) is 13.5 Å². The summed E-state index contributed by atoms with van der Waals surface area (Å²) in [7, 11) is 1.30. The van der Waals surface area contributed by atoms with Gasteiger partial charge in [-0.1, -0.05) is 12.1 Å². The predicted molar refractivity (Wildman–Crippen MR) is 112 cm³/mol. The van der Waals surface area contributed by atoms with Gasteiger partial charge in [-0.05, 0) is 60.3 Å². The first-order valence-corrected chi connectivity index (χ1v) is 9.80. The van der Waals surface area contributed by atoms with Crippen molar-refractivity contribution in [1.82, 2.24) is 0 Å². The molecule has 0 aliphatic rings. The molecule has 1 amide bonds. The van der Waals surface area contributed by atoms with E-state index in [9.17, 15) is 9.59 Å².